The van der Waals surface area contributed by atoms with Gasteiger partial charge in [-0.05, 0) is 0 Å². The number of aliphatic carboxylic acids is 1. The van der Waals surface area contributed by atoms with E-state index in [0.29, 0.717) is 0 Å². The molecule has 0 bridgehead atoms. The van der Waals surface area contributed by atoms with Gasteiger partial charge in [-0.25, -0.2) is 4.79 Å². The number of carboxylic acids is 1. The minimum Gasteiger partial charge on any atom is -0.479 e. The maximum absolute atomic E-state index is 10.4. The third-order valence-corrected chi connectivity index (χ3v) is 1.83. The molecule has 1 rings (SSSR count). The van der Waals surface area contributed by atoms with E-state index in [1.165, 1.54) is 0 Å². The number of carboxylic acid groups (broad SMARTS) is 1. The van der Waals surface area contributed by atoms with E-state index < -0.39 is 36.7 Å². The van der Waals surface area contributed by atoms with E-state index in [1.807, 2.05) is 0 Å². The lowest BCUT2D eigenvalue weighted by Crippen LogP contribution is -2.59. The first-order valence-corrected chi connectivity index (χ1v) is 3.55. The molecule has 0 aromatic rings. The standard InChI is InChI=1S/C6H10O7/c7-1-2(8)4(5(10)11)13-6(12)3(1)9/h1-4,6-9,12H,(H,10,11)/t1?,2-,3?,4+,6+/m0/s1. The summed E-state index contributed by atoms with van der Waals surface area (Å²) in [6.45, 7) is 0. The minimum absolute atomic E-state index is 1.52. The highest BCUT2D eigenvalue weighted by atomic mass is 16.6. The quantitative estimate of drug-likeness (QED) is 0.298. The zero-order valence-electron chi connectivity index (χ0n) is 6.44. The molecule has 7 nitrogen and oxygen atoms in total. The van der Waals surface area contributed by atoms with Crippen molar-refractivity contribution in [1.82, 2.24) is 0 Å². The van der Waals surface area contributed by atoms with Gasteiger partial charge in [-0.1, -0.05) is 0 Å². The first-order chi connectivity index (χ1) is 5.95. The zero-order chi connectivity index (χ0) is 10.2. The fourth-order valence-electron chi connectivity index (χ4n) is 1.07. The van der Waals surface area contributed by atoms with Gasteiger partial charge in [0.05, 0.1) is 0 Å². The molecule has 1 saturated heterocycles. The van der Waals surface area contributed by atoms with Crippen molar-refractivity contribution in [1.29, 1.82) is 0 Å². The number of hydrogen-bond donors (Lipinski definition) is 5. The van der Waals surface area contributed by atoms with Gasteiger partial charge in [0.1, 0.15) is 18.3 Å². The van der Waals surface area contributed by atoms with Gasteiger partial charge in [-0.15, -0.1) is 0 Å². The van der Waals surface area contributed by atoms with E-state index in [-0.39, 0.29) is 0 Å². The van der Waals surface area contributed by atoms with Crippen LogP contribution in [0.25, 0.3) is 0 Å². The van der Waals surface area contributed by atoms with Crippen LogP contribution in [0.2, 0.25) is 0 Å². The number of hydrogen-bond acceptors (Lipinski definition) is 6. The second-order valence-electron chi connectivity index (χ2n) is 2.76. The van der Waals surface area contributed by atoms with Crippen molar-refractivity contribution in [2.24, 2.45) is 0 Å². The number of carbonyl (C=O) groups is 1. The average molecular weight is 194 g/mol. The van der Waals surface area contributed by atoms with E-state index in [2.05, 4.69) is 4.74 Å². The number of aliphatic hydroxyl groups is 4. The molecule has 1 aliphatic heterocycles. The molecule has 5 atom stereocenters. The summed E-state index contributed by atoms with van der Waals surface area (Å²) < 4.78 is 4.34. The molecule has 0 aromatic carbocycles. The second kappa shape index (κ2) is 3.56. The lowest BCUT2D eigenvalue weighted by Gasteiger charge is -2.36. The zero-order valence-corrected chi connectivity index (χ0v) is 6.44. The number of ether oxygens (including phenoxy) is 1. The Morgan fingerprint density at radius 3 is 2.00 bits per heavy atom. The summed E-state index contributed by atoms with van der Waals surface area (Å²) in [5, 5.41) is 44.4. The van der Waals surface area contributed by atoms with Crippen molar-refractivity contribution in [3.63, 3.8) is 0 Å². The fraction of sp³-hybridized carbons (Fsp3) is 0.833. The van der Waals surface area contributed by atoms with Gasteiger partial charge in [0, 0.05) is 0 Å². The van der Waals surface area contributed by atoms with Crippen LogP contribution < -0.4 is 0 Å². The highest BCUT2D eigenvalue weighted by molar-refractivity contribution is 5.73. The summed E-state index contributed by atoms with van der Waals surface area (Å²) in [7, 11) is 0. The highest BCUT2D eigenvalue weighted by Gasteiger charge is 2.46. The highest BCUT2D eigenvalue weighted by Crippen LogP contribution is 2.19. The minimum atomic E-state index is -1.81. The summed E-state index contributed by atoms with van der Waals surface area (Å²) in [6.07, 6.45) is -8.72. The lowest BCUT2D eigenvalue weighted by atomic mass is 9.99. The molecule has 0 aliphatic carbocycles. The van der Waals surface area contributed by atoms with Gasteiger partial charge >= 0.3 is 5.97 Å². The first kappa shape index (κ1) is 10.4. The van der Waals surface area contributed by atoms with Gasteiger partial charge in [-0.3, -0.25) is 0 Å². The molecule has 13 heavy (non-hydrogen) atoms. The third-order valence-electron chi connectivity index (χ3n) is 1.83. The van der Waals surface area contributed by atoms with Crippen molar-refractivity contribution < 1.29 is 35.1 Å². The molecule has 1 fully saturated rings. The van der Waals surface area contributed by atoms with E-state index in [0.717, 1.165) is 0 Å². The Morgan fingerprint density at radius 1 is 1.00 bits per heavy atom. The Kier molecular flexibility index (Phi) is 2.84. The van der Waals surface area contributed by atoms with E-state index in [1.54, 1.807) is 0 Å². The molecule has 0 amide bonds. The van der Waals surface area contributed by atoms with E-state index in [4.69, 9.17) is 25.5 Å². The van der Waals surface area contributed by atoms with Crippen molar-refractivity contribution in [2.45, 2.75) is 30.7 Å². The van der Waals surface area contributed by atoms with Crippen LogP contribution in [-0.2, 0) is 9.53 Å². The Hall–Kier alpha value is -0.730. The predicted octanol–water partition coefficient (Wildman–Crippen LogP) is -3.13. The Balaban J connectivity index is 2.76. The summed E-state index contributed by atoms with van der Waals surface area (Å²) >= 11 is 0. The predicted molar refractivity (Wildman–Crippen MR) is 36.5 cm³/mol. The molecular weight excluding hydrogens is 184 g/mol. The van der Waals surface area contributed by atoms with Gasteiger partial charge in [0.2, 0.25) is 0 Å². The average Bonchev–Trinajstić information content (AvgIpc) is 2.07. The van der Waals surface area contributed by atoms with Crippen molar-refractivity contribution >= 4 is 5.97 Å². The van der Waals surface area contributed by atoms with E-state index in [9.17, 15) is 4.79 Å². The normalized spacial score (nSPS) is 46.0. The molecule has 2 unspecified atom stereocenters. The molecule has 7 heteroatoms. The topological polar surface area (TPSA) is 127 Å². The number of rotatable bonds is 1. The first-order valence-electron chi connectivity index (χ1n) is 3.55. The molecule has 5 N–H and O–H groups in total. The van der Waals surface area contributed by atoms with Crippen molar-refractivity contribution in [2.75, 3.05) is 0 Å². The second-order valence-corrected chi connectivity index (χ2v) is 2.76. The summed E-state index contributed by atoms with van der Waals surface area (Å²) in [5.41, 5.74) is 0. The van der Waals surface area contributed by atoms with Crippen LogP contribution in [0.1, 0.15) is 0 Å². The molecule has 0 spiro atoms. The summed E-state index contributed by atoms with van der Waals surface area (Å²) in [5.74, 6) is -1.52. The van der Waals surface area contributed by atoms with Crippen LogP contribution >= 0.6 is 0 Å². The molecule has 1 aliphatic rings. The van der Waals surface area contributed by atoms with Gasteiger partial charge in [-0.2, -0.15) is 0 Å². The van der Waals surface area contributed by atoms with Crippen LogP contribution in [-0.4, -0.2) is 62.2 Å². The maximum atomic E-state index is 10.4. The van der Waals surface area contributed by atoms with Crippen LogP contribution in [0.3, 0.4) is 0 Å². The molecule has 0 radical (unpaired) electrons. The summed E-state index contributed by atoms with van der Waals surface area (Å²) in [6, 6.07) is 0. The SMILES string of the molecule is O=C(O)[C@@H]1O[C@@H](O)C(O)C(O)[C@@H]1O. The Bertz CT molecular complexity index is 205. The number of aliphatic hydroxyl groups excluding tert-OH is 4. The van der Waals surface area contributed by atoms with Crippen LogP contribution in [0, 0.1) is 0 Å². The van der Waals surface area contributed by atoms with Crippen molar-refractivity contribution in [3.8, 4) is 0 Å². The Labute approximate surface area is 72.8 Å². The molecule has 0 aromatic heterocycles. The van der Waals surface area contributed by atoms with E-state index >= 15 is 0 Å². The largest absolute Gasteiger partial charge is 0.479 e. The smallest absolute Gasteiger partial charge is 0.335 e. The van der Waals surface area contributed by atoms with Crippen molar-refractivity contribution in [3.05, 3.63) is 0 Å². The lowest BCUT2D eigenvalue weighted by molar-refractivity contribution is -0.279. The van der Waals surface area contributed by atoms with Crippen LogP contribution in [0.15, 0.2) is 0 Å². The van der Waals surface area contributed by atoms with Gasteiger partial charge < -0.3 is 30.3 Å². The Morgan fingerprint density at radius 2 is 1.54 bits per heavy atom. The molecule has 1 heterocycles. The summed E-state index contributed by atoms with van der Waals surface area (Å²) in [4.78, 5) is 10.4. The molecular formula is C6H10O7. The van der Waals surface area contributed by atoms with Crippen LogP contribution in [0.5, 0.6) is 0 Å². The van der Waals surface area contributed by atoms with Gasteiger partial charge in [0.25, 0.3) is 0 Å². The van der Waals surface area contributed by atoms with Gasteiger partial charge in [0.15, 0.2) is 12.4 Å². The monoisotopic (exact) mass is 194 g/mol. The molecule has 0 saturated carbocycles. The maximum Gasteiger partial charge on any atom is 0.335 e. The molecule has 76 valence electrons. The fourth-order valence-corrected chi connectivity index (χ4v) is 1.07. The third kappa shape index (κ3) is 1.79. The van der Waals surface area contributed by atoms with Crippen LogP contribution in [0.4, 0.5) is 0 Å².